The zero-order valence-electron chi connectivity index (χ0n) is 10.8. The standard InChI is InChI=1S/C13H24N2O.ClH/c1-14-9-12-6-3-7-15(10-12)13(16)8-11-4-2-5-11;/h11-12,14H,2-10H2,1H3;1H. The van der Waals surface area contributed by atoms with Crippen molar-refractivity contribution in [1.29, 1.82) is 0 Å². The van der Waals surface area contributed by atoms with Gasteiger partial charge in [0, 0.05) is 19.5 Å². The van der Waals surface area contributed by atoms with Crippen molar-refractivity contribution in [2.75, 3.05) is 26.7 Å². The molecule has 1 unspecified atom stereocenters. The number of rotatable bonds is 4. The van der Waals surface area contributed by atoms with E-state index in [1.807, 2.05) is 7.05 Å². The molecule has 0 spiro atoms. The van der Waals surface area contributed by atoms with Crippen LogP contribution in [0.4, 0.5) is 0 Å². The first-order valence-electron chi connectivity index (χ1n) is 6.72. The number of amides is 1. The van der Waals surface area contributed by atoms with Gasteiger partial charge in [0.25, 0.3) is 0 Å². The summed E-state index contributed by atoms with van der Waals surface area (Å²) in [7, 11) is 2.00. The Bertz CT molecular complexity index is 242. The van der Waals surface area contributed by atoms with Crippen molar-refractivity contribution in [2.24, 2.45) is 11.8 Å². The van der Waals surface area contributed by atoms with Crippen molar-refractivity contribution in [1.82, 2.24) is 10.2 Å². The first kappa shape index (κ1) is 14.8. The number of likely N-dealkylation sites (tertiary alicyclic amines) is 1. The van der Waals surface area contributed by atoms with E-state index in [-0.39, 0.29) is 12.4 Å². The highest BCUT2D eigenvalue weighted by Crippen LogP contribution is 2.30. The fourth-order valence-electron chi connectivity index (χ4n) is 2.82. The van der Waals surface area contributed by atoms with Crippen LogP contribution in [0.5, 0.6) is 0 Å². The molecule has 1 amide bonds. The fraction of sp³-hybridized carbons (Fsp3) is 0.923. The Morgan fingerprint density at radius 1 is 1.24 bits per heavy atom. The van der Waals surface area contributed by atoms with E-state index in [0.717, 1.165) is 26.1 Å². The van der Waals surface area contributed by atoms with E-state index in [1.165, 1.54) is 32.1 Å². The van der Waals surface area contributed by atoms with Crippen LogP contribution >= 0.6 is 12.4 Å². The molecule has 17 heavy (non-hydrogen) atoms. The summed E-state index contributed by atoms with van der Waals surface area (Å²) in [6.07, 6.45) is 7.16. The number of nitrogens with zero attached hydrogens (tertiary/aromatic N) is 1. The molecule has 0 aromatic heterocycles. The number of halogens is 1. The van der Waals surface area contributed by atoms with Gasteiger partial charge >= 0.3 is 0 Å². The van der Waals surface area contributed by atoms with Crippen LogP contribution < -0.4 is 5.32 Å². The van der Waals surface area contributed by atoms with E-state index in [4.69, 9.17) is 0 Å². The predicted octanol–water partition coefficient (Wildman–Crippen LogP) is 2.06. The number of hydrogen-bond acceptors (Lipinski definition) is 2. The molecule has 2 rings (SSSR count). The van der Waals surface area contributed by atoms with Gasteiger partial charge in [-0.15, -0.1) is 12.4 Å². The summed E-state index contributed by atoms with van der Waals surface area (Å²) in [6.45, 7) is 3.02. The summed E-state index contributed by atoms with van der Waals surface area (Å²) in [6, 6.07) is 0. The van der Waals surface area contributed by atoms with Gasteiger partial charge in [-0.2, -0.15) is 0 Å². The second-order valence-corrected chi connectivity index (χ2v) is 5.41. The third-order valence-electron chi connectivity index (χ3n) is 4.05. The lowest BCUT2D eigenvalue weighted by Crippen LogP contribution is -2.43. The SMILES string of the molecule is CNCC1CCCN(C(=O)CC2CCC2)C1.Cl. The third kappa shape index (κ3) is 4.14. The summed E-state index contributed by atoms with van der Waals surface area (Å²) in [4.78, 5) is 14.2. The van der Waals surface area contributed by atoms with Crippen molar-refractivity contribution in [3.05, 3.63) is 0 Å². The van der Waals surface area contributed by atoms with Crippen LogP contribution in [0.25, 0.3) is 0 Å². The lowest BCUT2D eigenvalue weighted by atomic mass is 9.82. The van der Waals surface area contributed by atoms with Crippen LogP contribution in [0, 0.1) is 11.8 Å². The van der Waals surface area contributed by atoms with Gasteiger partial charge in [-0.3, -0.25) is 4.79 Å². The molecule has 3 nitrogen and oxygen atoms in total. The summed E-state index contributed by atoms with van der Waals surface area (Å²) >= 11 is 0. The summed E-state index contributed by atoms with van der Waals surface area (Å²) in [5, 5.41) is 3.22. The number of carbonyl (C=O) groups is 1. The lowest BCUT2D eigenvalue weighted by molar-refractivity contribution is -0.134. The minimum atomic E-state index is 0. The summed E-state index contributed by atoms with van der Waals surface area (Å²) in [5.74, 6) is 1.78. The van der Waals surface area contributed by atoms with E-state index in [0.29, 0.717) is 17.7 Å². The Morgan fingerprint density at radius 3 is 2.53 bits per heavy atom. The molecule has 0 aromatic rings. The van der Waals surface area contributed by atoms with Crippen LogP contribution in [0.1, 0.15) is 38.5 Å². The zero-order valence-corrected chi connectivity index (χ0v) is 11.6. The van der Waals surface area contributed by atoms with Gasteiger partial charge in [0.05, 0.1) is 0 Å². The molecule has 1 aliphatic carbocycles. The molecule has 2 aliphatic rings. The van der Waals surface area contributed by atoms with E-state index in [2.05, 4.69) is 10.2 Å². The normalized spacial score (nSPS) is 25.0. The van der Waals surface area contributed by atoms with Gasteiger partial charge in [0.15, 0.2) is 0 Å². The molecular weight excluding hydrogens is 236 g/mol. The van der Waals surface area contributed by atoms with E-state index in [1.54, 1.807) is 0 Å². The molecule has 1 saturated carbocycles. The molecule has 4 heteroatoms. The molecule has 100 valence electrons. The second-order valence-electron chi connectivity index (χ2n) is 5.41. The lowest BCUT2D eigenvalue weighted by Gasteiger charge is -2.35. The maximum absolute atomic E-state index is 12.1. The molecule has 0 aromatic carbocycles. The topological polar surface area (TPSA) is 32.3 Å². The monoisotopic (exact) mass is 260 g/mol. The van der Waals surface area contributed by atoms with E-state index < -0.39 is 0 Å². The molecule has 1 atom stereocenters. The average Bonchev–Trinajstić information content (AvgIpc) is 2.24. The Labute approximate surface area is 111 Å². The highest BCUT2D eigenvalue weighted by Gasteiger charge is 2.27. The van der Waals surface area contributed by atoms with Gasteiger partial charge in [0.2, 0.25) is 5.91 Å². The van der Waals surface area contributed by atoms with Crippen molar-refractivity contribution in [3.63, 3.8) is 0 Å². The van der Waals surface area contributed by atoms with Crippen molar-refractivity contribution < 1.29 is 4.79 Å². The Morgan fingerprint density at radius 2 is 1.94 bits per heavy atom. The van der Waals surface area contributed by atoms with Gasteiger partial charge < -0.3 is 10.2 Å². The van der Waals surface area contributed by atoms with E-state index >= 15 is 0 Å². The highest BCUT2D eigenvalue weighted by molar-refractivity contribution is 5.85. The highest BCUT2D eigenvalue weighted by atomic mass is 35.5. The molecule has 1 aliphatic heterocycles. The number of nitrogens with one attached hydrogen (secondary N) is 1. The maximum atomic E-state index is 12.1. The predicted molar refractivity (Wildman–Crippen MR) is 72.4 cm³/mol. The number of carbonyl (C=O) groups excluding carboxylic acids is 1. The van der Waals surface area contributed by atoms with Crippen LogP contribution in [-0.4, -0.2) is 37.5 Å². The van der Waals surface area contributed by atoms with Gasteiger partial charge in [-0.05, 0) is 51.1 Å². The van der Waals surface area contributed by atoms with E-state index in [9.17, 15) is 4.79 Å². The smallest absolute Gasteiger partial charge is 0.222 e. The van der Waals surface area contributed by atoms with Crippen LogP contribution in [0.15, 0.2) is 0 Å². The quantitative estimate of drug-likeness (QED) is 0.839. The summed E-state index contributed by atoms with van der Waals surface area (Å²) < 4.78 is 0. The molecular formula is C13H25ClN2O. The molecule has 0 bridgehead atoms. The van der Waals surface area contributed by atoms with Gasteiger partial charge in [-0.1, -0.05) is 6.42 Å². The number of piperidine rings is 1. The first-order chi connectivity index (χ1) is 7.79. The molecule has 0 radical (unpaired) electrons. The minimum absolute atomic E-state index is 0. The zero-order chi connectivity index (χ0) is 11.4. The van der Waals surface area contributed by atoms with Crippen LogP contribution in [0.2, 0.25) is 0 Å². The van der Waals surface area contributed by atoms with Crippen molar-refractivity contribution in [3.8, 4) is 0 Å². The Kier molecular flexibility index (Phi) is 6.28. The van der Waals surface area contributed by atoms with Gasteiger partial charge in [-0.25, -0.2) is 0 Å². The summed E-state index contributed by atoms with van der Waals surface area (Å²) in [5.41, 5.74) is 0. The van der Waals surface area contributed by atoms with Crippen LogP contribution in [0.3, 0.4) is 0 Å². The minimum Gasteiger partial charge on any atom is -0.342 e. The Hall–Kier alpha value is -0.280. The molecule has 1 saturated heterocycles. The van der Waals surface area contributed by atoms with Crippen molar-refractivity contribution in [2.45, 2.75) is 38.5 Å². The Balaban J connectivity index is 0.00000144. The maximum Gasteiger partial charge on any atom is 0.222 e. The van der Waals surface area contributed by atoms with Crippen LogP contribution in [-0.2, 0) is 4.79 Å². The molecule has 1 N–H and O–H groups in total. The molecule has 2 fully saturated rings. The van der Waals surface area contributed by atoms with Crippen molar-refractivity contribution >= 4 is 18.3 Å². The van der Waals surface area contributed by atoms with Gasteiger partial charge in [0.1, 0.15) is 0 Å². The largest absolute Gasteiger partial charge is 0.342 e. The second kappa shape index (κ2) is 7.22. The average molecular weight is 261 g/mol. The molecule has 1 heterocycles. The number of hydrogen-bond donors (Lipinski definition) is 1. The third-order valence-corrected chi connectivity index (χ3v) is 4.05. The fourth-order valence-corrected chi connectivity index (χ4v) is 2.82. The first-order valence-corrected chi connectivity index (χ1v) is 6.72.